The number of aliphatic imine (C=N–C) groups is 1. The van der Waals surface area contributed by atoms with Gasteiger partial charge in [0.25, 0.3) is 5.56 Å². The van der Waals surface area contributed by atoms with Crippen molar-refractivity contribution < 1.29 is 0 Å². The number of nitrogens with two attached hydrogens (primary N) is 1. The van der Waals surface area contributed by atoms with Crippen LogP contribution in [0.2, 0.25) is 0 Å². The Morgan fingerprint density at radius 3 is 2.91 bits per heavy atom. The second kappa shape index (κ2) is 8.75. The van der Waals surface area contributed by atoms with Crippen molar-refractivity contribution in [2.45, 2.75) is 45.4 Å². The number of hydrogen-bond donors (Lipinski definition) is 1. The number of piperidine rings is 1. The zero-order chi connectivity index (χ0) is 22.9. The number of anilines is 1. The molecule has 2 aliphatic rings. The largest absolute Gasteiger partial charge is 0.357 e. The van der Waals surface area contributed by atoms with E-state index in [0.29, 0.717) is 24.1 Å². The second-order valence-corrected chi connectivity index (χ2v) is 8.77. The van der Waals surface area contributed by atoms with Gasteiger partial charge in [0.15, 0.2) is 0 Å². The van der Waals surface area contributed by atoms with Crippen LogP contribution < -0.4 is 16.2 Å². The van der Waals surface area contributed by atoms with Crippen LogP contribution in [0.4, 0.5) is 11.6 Å². The van der Waals surface area contributed by atoms with Crippen LogP contribution in [0, 0.1) is 11.8 Å². The van der Waals surface area contributed by atoms with Crippen molar-refractivity contribution in [3.8, 4) is 11.8 Å². The Balaban J connectivity index is 1.56. The van der Waals surface area contributed by atoms with E-state index in [-0.39, 0.29) is 11.6 Å². The minimum atomic E-state index is -0.0829. The zero-order valence-electron chi connectivity index (χ0n) is 19.2. The van der Waals surface area contributed by atoms with Crippen LogP contribution in [0.3, 0.4) is 0 Å². The van der Waals surface area contributed by atoms with Gasteiger partial charge in [-0.3, -0.25) is 9.36 Å². The van der Waals surface area contributed by atoms with Crippen LogP contribution in [-0.4, -0.2) is 51.0 Å². The lowest BCUT2D eigenvalue weighted by Gasteiger charge is -2.31. The first-order valence-corrected chi connectivity index (χ1v) is 11.4. The molecule has 2 aromatic heterocycles. The number of benzene rings is 1. The van der Waals surface area contributed by atoms with Gasteiger partial charge >= 0.3 is 0 Å². The smallest absolute Gasteiger partial charge is 0.277 e. The summed E-state index contributed by atoms with van der Waals surface area (Å²) in [5.41, 5.74) is 9.56. The molecule has 0 saturated carbocycles. The molecule has 1 atom stereocenters. The Hall–Kier alpha value is -3.57. The topological polar surface area (TPSA) is 84.7 Å². The Labute approximate surface area is 193 Å². The first-order valence-electron chi connectivity index (χ1n) is 11.4. The fourth-order valence-corrected chi connectivity index (χ4v) is 4.66. The third-order valence-electron chi connectivity index (χ3n) is 6.41. The molecule has 2 aliphatic heterocycles. The van der Waals surface area contributed by atoms with Crippen molar-refractivity contribution in [2.24, 2.45) is 10.7 Å². The number of para-hydroxylation sites is 1. The number of fused-ring (bicyclic) bond motifs is 2. The van der Waals surface area contributed by atoms with Crippen LogP contribution in [0.5, 0.6) is 0 Å². The first kappa shape index (κ1) is 21.3. The minimum absolute atomic E-state index is 0.0829. The molecular formula is C25H29N7O. The number of imidazole rings is 1. The molecule has 0 aliphatic carbocycles. The Kier molecular flexibility index (Phi) is 5.65. The van der Waals surface area contributed by atoms with Gasteiger partial charge in [0.1, 0.15) is 11.4 Å². The van der Waals surface area contributed by atoms with E-state index < -0.39 is 0 Å². The fourth-order valence-electron chi connectivity index (χ4n) is 4.66. The van der Waals surface area contributed by atoms with Gasteiger partial charge in [-0.2, -0.15) is 0 Å². The number of likely N-dealkylation sites (N-methyl/N-ethyl adjacent to an activating group) is 1. The zero-order valence-corrected chi connectivity index (χ0v) is 19.2. The van der Waals surface area contributed by atoms with Gasteiger partial charge in [-0.05, 0) is 37.5 Å². The number of aromatic nitrogens is 3. The highest BCUT2D eigenvalue weighted by molar-refractivity contribution is 5.87. The molecule has 8 nitrogen and oxygen atoms in total. The number of rotatable bonds is 4. The van der Waals surface area contributed by atoms with E-state index in [1.165, 1.54) is 5.56 Å². The Bertz CT molecular complexity index is 1340. The predicted molar refractivity (Wildman–Crippen MR) is 132 cm³/mol. The lowest BCUT2D eigenvalue weighted by Crippen LogP contribution is -2.44. The molecule has 0 bridgehead atoms. The molecule has 33 heavy (non-hydrogen) atoms. The summed E-state index contributed by atoms with van der Waals surface area (Å²) in [5.74, 6) is 7.70. The summed E-state index contributed by atoms with van der Waals surface area (Å²) in [4.78, 5) is 27.6. The molecule has 5 rings (SSSR count). The fraction of sp³-hybridized carbons (Fsp3) is 0.400. The van der Waals surface area contributed by atoms with Gasteiger partial charge in [-0.1, -0.05) is 24.1 Å². The molecule has 1 unspecified atom stereocenters. The third kappa shape index (κ3) is 4.00. The summed E-state index contributed by atoms with van der Waals surface area (Å²) in [6.45, 7) is 5.01. The summed E-state index contributed by atoms with van der Waals surface area (Å²) in [5, 5.41) is 0. The molecule has 3 aromatic rings. The SMILES string of the molecule is CC#CCn1c(N2CCCC(N)C2)nc2ccn(CC3=Nc4ccccc4CN3C)c(=O)c21. The lowest BCUT2D eigenvalue weighted by molar-refractivity contribution is 0.473. The normalized spacial score (nSPS) is 18.0. The van der Waals surface area contributed by atoms with E-state index in [2.05, 4.69) is 27.7 Å². The van der Waals surface area contributed by atoms with Crippen LogP contribution >= 0.6 is 0 Å². The van der Waals surface area contributed by atoms with Gasteiger partial charge in [-0.25, -0.2) is 9.98 Å². The molecule has 4 heterocycles. The first-order chi connectivity index (χ1) is 16.0. The molecule has 170 valence electrons. The monoisotopic (exact) mass is 443 g/mol. The van der Waals surface area contributed by atoms with Crippen LogP contribution in [0.15, 0.2) is 46.3 Å². The quantitative estimate of drug-likeness (QED) is 0.626. The maximum absolute atomic E-state index is 13.6. The van der Waals surface area contributed by atoms with Crippen LogP contribution in [0.1, 0.15) is 25.3 Å². The highest BCUT2D eigenvalue weighted by Gasteiger charge is 2.24. The van der Waals surface area contributed by atoms with Crippen molar-refractivity contribution in [3.63, 3.8) is 0 Å². The number of pyridine rings is 1. The molecule has 8 heteroatoms. The summed E-state index contributed by atoms with van der Waals surface area (Å²) in [6.07, 6.45) is 3.84. The molecule has 1 saturated heterocycles. The minimum Gasteiger partial charge on any atom is -0.357 e. The highest BCUT2D eigenvalue weighted by Crippen LogP contribution is 2.26. The molecule has 0 radical (unpaired) electrons. The maximum atomic E-state index is 13.6. The molecule has 2 N–H and O–H groups in total. The number of amidine groups is 1. The van der Waals surface area contributed by atoms with Crippen LogP contribution in [0.25, 0.3) is 11.0 Å². The van der Waals surface area contributed by atoms with Crippen molar-refractivity contribution >= 4 is 28.5 Å². The van der Waals surface area contributed by atoms with Gasteiger partial charge in [0.2, 0.25) is 5.95 Å². The van der Waals surface area contributed by atoms with Gasteiger partial charge in [0, 0.05) is 38.9 Å². The van der Waals surface area contributed by atoms with Crippen LogP contribution in [-0.2, 0) is 19.6 Å². The predicted octanol–water partition coefficient (Wildman–Crippen LogP) is 2.32. The Morgan fingerprint density at radius 1 is 1.24 bits per heavy atom. The molecule has 0 spiro atoms. The standard InChI is InChI=1S/C25H29N7O/c1-3-4-13-32-23-21(28-25(32)31-12-7-9-19(26)16-31)11-14-30(24(23)33)17-22-27-20-10-6-5-8-18(20)15-29(22)2/h5-6,8,10-11,14,19H,7,9,12-13,15-17,26H2,1-2H3. The van der Waals surface area contributed by atoms with E-state index in [9.17, 15) is 4.79 Å². The second-order valence-electron chi connectivity index (χ2n) is 8.77. The summed E-state index contributed by atoms with van der Waals surface area (Å²) in [6, 6.07) is 10.2. The average Bonchev–Trinajstić information content (AvgIpc) is 3.19. The third-order valence-corrected chi connectivity index (χ3v) is 6.41. The summed E-state index contributed by atoms with van der Waals surface area (Å²) < 4.78 is 3.67. The van der Waals surface area contributed by atoms with E-state index in [1.807, 2.05) is 49.0 Å². The maximum Gasteiger partial charge on any atom is 0.277 e. The van der Waals surface area contributed by atoms with E-state index in [0.717, 1.165) is 49.9 Å². The van der Waals surface area contributed by atoms with E-state index in [4.69, 9.17) is 15.7 Å². The molecule has 1 aromatic carbocycles. The lowest BCUT2D eigenvalue weighted by atomic mass is 10.1. The van der Waals surface area contributed by atoms with E-state index >= 15 is 0 Å². The summed E-state index contributed by atoms with van der Waals surface area (Å²) in [7, 11) is 2.01. The van der Waals surface area contributed by atoms with E-state index in [1.54, 1.807) is 4.57 Å². The number of nitrogens with zero attached hydrogens (tertiary/aromatic N) is 6. The number of hydrogen-bond acceptors (Lipinski definition) is 6. The van der Waals surface area contributed by atoms with Crippen molar-refractivity contribution in [2.75, 3.05) is 25.0 Å². The van der Waals surface area contributed by atoms with Crippen molar-refractivity contribution in [1.82, 2.24) is 19.0 Å². The van der Waals surface area contributed by atoms with Gasteiger partial charge < -0.3 is 20.1 Å². The van der Waals surface area contributed by atoms with Gasteiger partial charge in [-0.15, -0.1) is 5.92 Å². The molecular weight excluding hydrogens is 414 g/mol. The highest BCUT2D eigenvalue weighted by atomic mass is 16.1. The molecule has 1 fully saturated rings. The molecule has 0 amide bonds. The summed E-state index contributed by atoms with van der Waals surface area (Å²) >= 11 is 0. The van der Waals surface area contributed by atoms with Crippen molar-refractivity contribution in [3.05, 3.63) is 52.4 Å². The average molecular weight is 444 g/mol. The van der Waals surface area contributed by atoms with Gasteiger partial charge in [0.05, 0.1) is 24.3 Å². The van der Waals surface area contributed by atoms with Crippen molar-refractivity contribution in [1.29, 1.82) is 0 Å². The Morgan fingerprint density at radius 2 is 2.09 bits per heavy atom.